The Labute approximate surface area is 168 Å². The molecule has 1 aromatic carbocycles. The minimum atomic E-state index is -3.85. The van der Waals surface area contributed by atoms with Crippen LogP contribution in [0.1, 0.15) is 17.3 Å². The van der Waals surface area contributed by atoms with Crippen molar-refractivity contribution in [3.63, 3.8) is 0 Å². The van der Waals surface area contributed by atoms with Crippen LogP contribution in [-0.2, 0) is 16.8 Å². The van der Waals surface area contributed by atoms with Gasteiger partial charge in [0, 0.05) is 19.1 Å². The Morgan fingerprint density at radius 3 is 2.64 bits per heavy atom. The van der Waals surface area contributed by atoms with Crippen LogP contribution in [0.5, 0.6) is 0 Å². The Balaban J connectivity index is 1.92. The third-order valence-corrected chi connectivity index (χ3v) is 6.53. The van der Waals surface area contributed by atoms with E-state index in [4.69, 9.17) is 16.0 Å². The second kappa shape index (κ2) is 8.07. The molecule has 0 spiro atoms. The van der Waals surface area contributed by atoms with Gasteiger partial charge < -0.3 is 4.42 Å². The summed E-state index contributed by atoms with van der Waals surface area (Å²) in [6, 6.07) is 6.38. The second-order valence-corrected chi connectivity index (χ2v) is 9.26. The normalized spacial score (nSPS) is 12.1. The highest BCUT2D eigenvalue weighted by Crippen LogP contribution is 2.30. The number of thiazole rings is 1. The summed E-state index contributed by atoms with van der Waals surface area (Å²) in [7, 11) is -1.03. The van der Waals surface area contributed by atoms with Crippen molar-refractivity contribution in [1.29, 1.82) is 0 Å². The number of aromatic nitrogens is 3. The molecule has 8 nitrogen and oxygen atoms in total. The third kappa shape index (κ3) is 4.29. The molecule has 0 radical (unpaired) electrons. The first kappa shape index (κ1) is 20.6. The predicted molar refractivity (Wildman–Crippen MR) is 101 cm³/mol. The van der Waals surface area contributed by atoms with Gasteiger partial charge in [0.15, 0.2) is 0 Å². The van der Waals surface area contributed by atoms with E-state index in [1.165, 1.54) is 26.4 Å². The van der Waals surface area contributed by atoms with E-state index in [-0.39, 0.29) is 12.4 Å². The zero-order valence-corrected chi connectivity index (χ0v) is 17.0. The molecule has 0 amide bonds. The van der Waals surface area contributed by atoms with E-state index in [0.29, 0.717) is 20.6 Å². The van der Waals surface area contributed by atoms with Gasteiger partial charge in [0.1, 0.15) is 9.88 Å². The minimum Gasteiger partial charge on any atom is -0.414 e. The lowest BCUT2D eigenvalue weighted by molar-refractivity contribution is 0.116. The Morgan fingerprint density at radius 2 is 2.04 bits per heavy atom. The monoisotopic (exact) mass is 449 g/mol. The van der Waals surface area contributed by atoms with Gasteiger partial charge in [-0.2, -0.15) is 21.5 Å². The van der Waals surface area contributed by atoms with E-state index in [1.807, 2.05) is 0 Å². The Kier molecular flexibility index (Phi) is 5.93. The van der Waals surface area contributed by atoms with E-state index >= 15 is 0 Å². The molecule has 150 valence electrons. The van der Waals surface area contributed by atoms with Crippen molar-refractivity contribution in [2.24, 2.45) is 0 Å². The summed E-state index contributed by atoms with van der Waals surface area (Å²) in [6.45, 7) is -0.0959. The van der Waals surface area contributed by atoms with Crippen molar-refractivity contribution >= 4 is 38.8 Å². The molecule has 0 unspecified atom stereocenters. The van der Waals surface area contributed by atoms with Crippen molar-refractivity contribution in [2.75, 3.05) is 18.4 Å². The van der Waals surface area contributed by atoms with Gasteiger partial charge >= 0.3 is 16.6 Å². The minimum absolute atomic E-state index is 0.0959. The van der Waals surface area contributed by atoms with Gasteiger partial charge in [-0.3, -0.25) is 4.31 Å². The van der Waals surface area contributed by atoms with Crippen LogP contribution < -0.4 is 4.31 Å². The summed E-state index contributed by atoms with van der Waals surface area (Å²) in [5.41, 5.74) is 0.357. The molecule has 0 saturated carbocycles. The van der Waals surface area contributed by atoms with Crippen molar-refractivity contribution < 1.29 is 21.6 Å². The fourth-order valence-electron chi connectivity index (χ4n) is 2.16. The molecule has 2 heterocycles. The highest BCUT2D eigenvalue weighted by atomic mass is 35.5. The van der Waals surface area contributed by atoms with Crippen LogP contribution in [0.25, 0.3) is 10.8 Å². The molecule has 0 N–H and O–H groups in total. The molecule has 13 heteroatoms. The van der Waals surface area contributed by atoms with E-state index in [2.05, 4.69) is 15.2 Å². The highest BCUT2D eigenvalue weighted by molar-refractivity contribution is 7.90. The number of nitrogens with zero attached hydrogens (tertiary/aromatic N) is 5. The maximum absolute atomic E-state index is 12.8. The first-order chi connectivity index (χ1) is 13.2. The molecule has 0 fully saturated rings. The van der Waals surface area contributed by atoms with Crippen molar-refractivity contribution in [2.45, 2.75) is 13.0 Å². The highest BCUT2D eigenvalue weighted by Gasteiger charge is 2.27. The number of hydrogen-bond acceptors (Lipinski definition) is 7. The molecular formula is C15H14ClF2N5O3S2. The van der Waals surface area contributed by atoms with Gasteiger partial charge in [0.05, 0.1) is 18.4 Å². The summed E-state index contributed by atoms with van der Waals surface area (Å²) >= 11 is 7.05. The average Bonchev–Trinajstić information content (AvgIpc) is 3.28. The number of anilines is 1. The van der Waals surface area contributed by atoms with E-state index in [1.54, 1.807) is 18.2 Å². The fraction of sp³-hybridized carbons (Fsp3) is 0.267. The van der Waals surface area contributed by atoms with Crippen LogP contribution in [0.4, 0.5) is 14.5 Å². The number of benzene rings is 1. The van der Waals surface area contributed by atoms with Crippen LogP contribution in [0.2, 0.25) is 5.02 Å². The van der Waals surface area contributed by atoms with Crippen LogP contribution >= 0.6 is 22.9 Å². The summed E-state index contributed by atoms with van der Waals surface area (Å²) in [5.74, 6) is -0.899. The summed E-state index contributed by atoms with van der Waals surface area (Å²) < 4.78 is 57.8. The Hall–Kier alpha value is -2.15. The van der Waals surface area contributed by atoms with Gasteiger partial charge in [-0.05, 0) is 18.2 Å². The largest absolute Gasteiger partial charge is 0.414 e. The maximum atomic E-state index is 12.8. The van der Waals surface area contributed by atoms with Gasteiger partial charge in [-0.15, -0.1) is 21.5 Å². The topological polar surface area (TPSA) is 92.4 Å². The zero-order valence-electron chi connectivity index (χ0n) is 14.6. The summed E-state index contributed by atoms with van der Waals surface area (Å²) in [5, 5.41) is 7.61. The molecule has 2 aromatic heterocycles. The molecule has 3 aromatic rings. The fourth-order valence-corrected chi connectivity index (χ4v) is 4.32. The Morgan fingerprint density at radius 1 is 1.29 bits per heavy atom. The molecule has 28 heavy (non-hydrogen) atoms. The molecule has 0 aliphatic carbocycles. The van der Waals surface area contributed by atoms with Crippen LogP contribution in [-0.4, -0.2) is 42.0 Å². The Bertz CT molecular complexity index is 1070. The van der Waals surface area contributed by atoms with Crippen molar-refractivity contribution in [1.82, 2.24) is 19.5 Å². The van der Waals surface area contributed by atoms with Crippen LogP contribution in [0.3, 0.4) is 0 Å². The second-order valence-electron chi connectivity index (χ2n) is 5.64. The van der Waals surface area contributed by atoms with E-state index < -0.39 is 22.5 Å². The van der Waals surface area contributed by atoms with Gasteiger partial charge in [0.2, 0.25) is 0 Å². The lowest BCUT2D eigenvalue weighted by atomic mass is 10.3. The average molecular weight is 450 g/mol. The van der Waals surface area contributed by atoms with Crippen LogP contribution in [0.15, 0.2) is 34.9 Å². The summed E-state index contributed by atoms with van der Waals surface area (Å²) in [4.78, 5) is 4.50. The SMILES string of the molecule is CN(C)S(=O)(=O)N(Cc1ncc(-c2nnc(C(F)F)o2)s1)c1cccc(Cl)c1. The quantitative estimate of drug-likeness (QED) is 0.547. The lowest BCUT2D eigenvalue weighted by Gasteiger charge is -2.26. The standard InChI is InChI=1S/C15H14ClF2N5O3S2/c1-22(2)28(24,25)23(10-5-3-4-9(16)6-10)8-12-19-7-11(27-12)14-20-21-15(26-14)13(17)18/h3-7,13H,8H2,1-2H3. The smallest absolute Gasteiger partial charge is 0.314 e. The van der Waals surface area contributed by atoms with Crippen molar-refractivity contribution in [3.05, 3.63) is 46.4 Å². The van der Waals surface area contributed by atoms with E-state index in [9.17, 15) is 17.2 Å². The third-order valence-electron chi connectivity index (χ3n) is 3.51. The van der Waals surface area contributed by atoms with Gasteiger partial charge in [-0.25, -0.2) is 4.98 Å². The molecule has 0 bridgehead atoms. The lowest BCUT2D eigenvalue weighted by Crippen LogP contribution is -2.39. The van der Waals surface area contributed by atoms with E-state index in [0.717, 1.165) is 19.9 Å². The van der Waals surface area contributed by atoms with Gasteiger partial charge in [-0.1, -0.05) is 17.7 Å². The predicted octanol–water partition coefficient (Wildman–Crippen LogP) is 3.60. The first-order valence-electron chi connectivity index (χ1n) is 7.71. The summed E-state index contributed by atoms with van der Waals surface area (Å²) in [6.07, 6.45) is -1.52. The molecule has 0 aliphatic heterocycles. The first-order valence-corrected chi connectivity index (χ1v) is 10.3. The maximum Gasteiger partial charge on any atom is 0.314 e. The molecule has 0 atom stereocenters. The number of alkyl halides is 2. The molecule has 0 aliphatic rings. The molecule has 0 saturated heterocycles. The van der Waals surface area contributed by atoms with Gasteiger partial charge in [0.25, 0.3) is 11.8 Å². The number of hydrogen-bond donors (Lipinski definition) is 0. The number of rotatable bonds is 7. The number of halogens is 3. The molecular weight excluding hydrogens is 436 g/mol. The zero-order chi connectivity index (χ0) is 20.5. The van der Waals surface area contributed by atoms with Crippen LogP contribution in [0, 0.1) is 0 Å². The molecule has 3 rings (SSSR count). The van der Waals surface area contributed by atoms with Crippen molar-refractivity contribution in [3.8, 4) is 10.8 Å².